The zero-order valence-electron chi connectivity index (χ0n) is 17.0. The van der Waals surface area contributed by atoms with Gasteiger partial charge in [-0.25, -0.2) is 0 Å². The molecule has 0 aliphatic heterocycles. The zero-order chi connectivity index (χ0) is 20.8. The van der Waals surface area contributed by atoms with Crippen LogP contribution in [0.5, 0.6) is 5.75 Å². The quantitative estimate of drug-likeness (QED) is 0.511. The molecule has 3 aromatic rings. The number of hydrogen-bond donors (Lipinski definition) is 2. The second-order valence-electron chi connectivity index (χ2n) is 7.53. The van der Waals surface area contributed by atoms with E-state index in [1.165, 1.54) is 0 Å². The van der Waals surface area contributed by atoms with Gasteiger partial charge in [-0.1, -0.05) is 44.0 Å². The number of nitrogens with one attached hydrogen (secondary N) is 1. The molecule has 29 heavy (non-hydrogen) atoms. The van der Waals surface area contributed by atoms with E-state index in [0.717, 1.165) is 34.2 Å². The summed E-state index contributed by atoms with van der Waals surface area (Å²) in [5, 5.41) is 17.4. The van der Waals surface area contributed by atoms with Crippen LogP contribution in [0.3, 0.4) is 0 Å². The first-order valence-electron chi connectivity index (χ1n) is 9.80. The number of hydrogen-bond acceptors (Lipinski definition) is 3. The summed E-state index contributed by atoms with van der Waals surface area (Å²) in [6, 6.07) is 13.7. The summed E-state index contributed by atoms with van der Waals surface area (Å²) in [6.07, 6.45) is 2.59. The zero-order valence-corrected chi connectivity index (χ0v) is 17.0. The predicted molar refractivity (Wildman–Crippen MR) is 114 cm³/mol. The molecular weight excluding hydrogens is 364 g/mol. The SMILES string of the molecule is CC#CC(CC(=O)O)c1ccc(O[C@@H](CC(C)C)c2cccc3[nH]ncc23)cc1. The first-order chi connectivity index (χ1) is 14.0. The van der Waals surface area contributed by atoms with Crippen LogP contribution in [0, 0.1) is 17.8 Å². The first kappa shape index (κ1) is 20.5. The number of carboxylic acid groups (broad SMARTS) is 1. The normalized spacial score (nSPS) is 13.0. The molecular formula is C24H26N2O3. The molecule has 5 nitrogen and oxygen atoms in total. The Balaban J connectivity index is 1.85. The van der Waals surface area contributed by atoms with E-state index in [4.69, 9.17) is 9.84 Å². The van der Waals surface area contributed by atoms with Crippen molar-refractivity contribution in [3.05, 3.63) is 59.8 Å². The molecule has 0 fully saturated rings. The fourth-order valence-electron chi connectivity index (χ4n) is 3.48. The lowest BCUT2D eigenvalue weighted by Crippen LogP contribution is -2.11. The summed E-state index contributed by atoms with van der Waals surface area (Å²) in [5.41, 5.74) is 2.98. The van der Waals surface area contributed by atoms with Crippen molar-refractivity contribution in [1.82, 2.24) is 10.2 Å². The van der Waals surface area contributed by atoms with E-state index < -0.39 is 5.97 Å². The Hall–Kier alpha value is -3.26. The molecule has 0 aliphatic rings. The molecule has 3 rings (SSSR count). The van der Waals surface area contributed by atoms with Gasteiger partial charge in [-0.2, -0.15) is 5.10 Å². The minimum Gasteiger partial charge on any atom is -0.486 e. The second kappa shape index (κ2) is 9.29. The minimum atomic E-state index is -0.858. The molecule has 0 saturated carbocycles. The Morgan fingerprint density at radius 2 is 1.97 bits per heavy atom. The number of benzene rings is 2. The lowest BCUT2D eigenvalue weighted by atomic mass is 9.95. The van der Waals surface area contributed by atoms with Gasteiger partial charge in [0.25, 0.3) is 0 Å². The van der Waals surface area contributed by atoms with Crippen LogP contribution in [-0.4, -0.2) is 21.3 Å². The topological polar surface area (TPSA) is 75.2 Å². The maximum absolute atomic E-state index is 11.1. The van der Waals surface area contributed by atoms with Crippen molar-refractivity contribution in [2.45, 2.75) is 45.6 Å². The maximum atomic E-state index is 11.1. The molecule has 150 valence electrons. The molecule has 1 aromatic heterocycles. The molecule has 0 bridgehead atoms. The first-order valence-corrected chi connectivity index (χ1v) is 9.80. The number of aromatic amines is 1. The van der Waals surface area contributed by atoms with Gasteiger partial charge in [0.2, 0.25) is 0 Å². The highest BCUT2D eigenvalue weighted by molar-refractivity contribution is 5.82. The van der Waals surface area contributed by atoms with Crippen LogP contribution in [0.15, 0.2) is 48.7 Å². The molecule has 1 heterocycles. The fraction of sp³-hybridized carbons (Fsp3) is 0.333. The van der Waals surface area contributed by atoms with E-state index >= 15 is 0 Å². The average molecular weight is 390 g/mol. The highest BCUT2D eigenvalue weighted by atomic mass is 16.5. The van der Waals surface area contributed by atoms with Gasteiger partial charge in [-0.3, -0.25) is 9.89 Å². The average Bonchev–Trinajstić information content (AvgIpc) is 3.16. The molecule has 0 aliphatic carbocycles. The van der Waals surface area contributed by atoms with Crippen molar-refractivity contribution in [2.24, 2.45) is 5.92 Å². The molecule has 0 spiro atoms. The van der Waals surface area contributed by atoms with Crippen molar-refractivity contribution in [1.29, 1.82) is 0 Å². The van der Waals surface area contributed by atoms with Gasteiger partial charge in [0.1, 0.15) is 11.9 Å². The number of aliphatic carboxylic acids is 1. The molecule has 2 atom stereocenters. The van der Waals surface area contributed by atoms with Crippen LogP contribution in [0.4, 0.5) is 0 Å². The molecule has 0 radical (unpaired) electrons. The van der Waals surface area contributed by atoms with Gasteiger partial charge < -0.3 is 9.84 Å². The van der Waals surface area contributed by atoms with Crippen LogP contribution < -0.4 is 4.74 Å². The number of aromatic nitrogens is 2. The Kier molecular flexibility index (Phi) is 6.56. The summed E-state index contributed by atoms with van der Waals surface area (Å²) in [6.45, 7) is 6.07. The summed E-state index contributed by atoms with van der Waals surface area (Å²) in [7, 11) is 0. The number of H-pyrrole nitrogens is 1. The highest BCUT2D eigenvalue weighted by Crippen LogP contribution is 2.32. The van der Waals surface area contributed by atoms with Crippen LogP contribution in [-0.2, 0) is 4.79 Å². The predicted octanol–water partition coefficient (Wildman–Crippen LogP) is 5.31. The molecule has 5 heteroatoms. The second-order valence-corrected chi connectivity index (χ2v) is 7.53. The van der Waals surface area contributed by atoms with Crippen LogP contribution in [0.1, 0.15) is 56.8 Å². The van der Waals surface area contributed by atoms with Crippen LogP contribution in [0.2, 0.25) is 0 Å². The van der Waals surface area contributed by atoms with Crippen molar-refractivity contribution in [3.63, 3.8) is 0 Å². The Morgan fingerprint density at radius 3 is 2.62 bits per heavy atom. The van der Waals surface area contributed by atoms with Crippen LogP contribution >= 0.6 is 0 Å². The molecule has 2 aromatic carbocycles. The summed E-state index contributed by atoms with van der Waals surface area (Å²) < 4.78 is 6.37. The molecule has 0 amide bonds. The van der Waals surface area contributed by atoms with Gasteiger partial charge in [-0.05, 0) is 43.0 Å². The standard InChI is InChI=1S/C24H26N2O3/c1-4-6-18(14-24(27)28)17-9-11-19(12-10-17)29-23(13-16(2)3)20-7-5-8-22-21(20)15-25-26-22/h5,7-12,15-16,18,23H,13-14H2,1-3H3,(H,25,26)(H,27,28)/t18?,23-/m0/s1. The van der Waals surface area contributed by atoms with Gasteiger partial charge in [0, 0.05) is 10.9 Å². The number of rotatable bonds is 8. The number of ether oxygens (including phenoxy) is 1. The Morgan fingerprint density at radius 1 is 1.21 bits per heavy atom. The highest BCUT2D eigenvalue weighted by Gasteiger charge is 2.19. The van der Waals surface area contributed by atoms with E-state index in [0.29, 0.717) is 5.92 Å². The van der Waals surface area contributed by atoms with Gasteiger partial charge >= 0.3 is 5.97 Å². The third kappa shape index (κ3) is 5.17. The van der Waals surface area contributed by atoms with Gasteiger partial charge in [0.05, 0.1) is 24.1 Å². The van der Waals surface area contributed by atoms with E-state index in [-0.39, 0.29) is 18.4 Å². The molecule has 1 unspecified atom stereocenters. The summed E-state index contributed by atoms with van der Waals surface area (Å²) in [5.74, 6) is 5.83. The lowest BCUT2D eigenvalue weighted by Gasteiger charge is -2.22. The monoisotopic (exact) mass is 390 g/mol. The van der Waals surface area contributed by atoms with Crippen LogP contribution in [0.25, 0.3) is 10.9 Å². The third-order valence-electron chi connectivity index (χ3n) is 4.81. The number of carboxylic acids is 1. The lowest BCUT2D eigenvalue weighted by molar-refractivity contribution is -0.137. The Bertz CT molecular complexity index is 1030. The van der Waals surface area contributed by atoms with E-state index in [1.54, 1.807) is 6.92 Å². The third-order valence-corrected chi connectivity index (χ3v) is 4.81. The van der Waals surface area contributed by atoms with Gasteiger partial charge in [-0.15, -0.1) is 5.92 Å². The fourth-order valence-corrected chi connectivity index (χ4v) is 3.48. The van der Waals surface area contributed by atoms with Crippen molar-refractivity contribution in [2.75, 3.05) is 0 Å². The Labute approximate surface area is 171 Å². The van der Waals surface area contributed by atoms with Crippen molar-refractivity contribution in [3.8, 4) is 17.6 Å². The number of carbonyl (C=O) groups is 1. The van der Waals surface area contributed by atoms with Crippen molar-refractivity contribution < 1.29 is 14.6 Å². The summed E-state index contributed by atoms with van der Waals surface area (Å²) in [4.78, 5) is 11.1. The maximum Gasteiger partial charge on any atom is 0.304 e. The minimum absolute atomic E-state index is 0.0144. The van der Waals surface area contributed by atoms with E-state index in [1.807, 2.05) is 42.6 Å². The summed E-state index contributed by atoms with van der Waals surface area (Å²) >= 11 is 0. The number of fused-ring (bicyclic) bond motifs is 1. The van der Waals surface area contributed by atoms with Crippen molar-refractivity contribution >= 4 is 16.9 Å². The number of nitrogens with zero attached hydrogens (tertiary/aromatic N) is 1. The largest absolute Gasteiger partial charge is 0.486 e. The molecule has 0 saturated heterocycles. The molecule has 2 N–H and O–H groups in total. The smallest absolute Gasteiger partial charge is 0.304 e. The van der Waals surface area contributed by atoms with E-state index in [9.17, 15) is 4.79 Å². The van der Waals surface area contributed by atoms with E-state index in [2.05, 4.69) is 42.0 Å². The van der Waals surface area contributed by atoms with Gasteiger partial charge in [0.15, 0.2) is 0 Å².